The van der Waals surface area contributed by atoms with Crippen LogP contribution in [-0.4, -0.2) is 12.2 Å². The number of phenolic OH excluding ortho intramolecular Hbond substituents is 1. The Bertz CT molecular complexity index is 550. The molecule has 2 rings (SSSR count). The van der Waals surface area contributed by atoms with Crippen LogP contribution in [0.4, 0.5) is 4.39 Å². The van der Waals surface area contributed by atoms with Gasteiger partial charge in [-0.05, 0) is 47.9 Å². The van der Waals surface area contributed by atoms with E-state index in [4.69, 9.17) is 4.74 Å². The zero-order valence-electron chi connectivity index (χ0n) is 9.70. The van der Waals surface area contributed by atoms with Crippen molar-refractivity contribution >= 4 is 0 Å². The van der Waals surface area contributed by atoms with Crippen LogP contribution in [-0.2, 0) is 0 Å². The molecular formula is C14H13FO2. The number of aromatic hydroxyl groups is 1. The summed E-state index contributed by atoms with van der Waals surface area (Å²) in [7, 11) is 1.43. The number of ether oxygens (including phenoxy) is 1. The van der Waals surface area contributed by atoms with E-state index in [1.807, 2.05) is 6.07 Å². The van der Waals surface area contributed by atoms with Gasteiger partial charge in [0.25, 0.3) is 0 Å². The van der Waals surface area contributed by atoms with E-state index in [1.165, 1.54) is 13.2 Å². The second-order valence-electron chi connectivity index (χ2n) is 3.85. The lowest BCUT2D eigenvalue weighted by Crippen LogP contribution is -1.88. The average molecular weight is 232 g/mol. The van der Waals surface area contributed by atoms with Crippen molar-refractivity contribution in [3.63, 3.8) is 0 Å². The molecule has 2 aromatic rings. The molecule has 0 spiro atoms. The van der Waals surface area contributed by atoms with Gasteiger partial charge in [0.15, 0.2) is 11.6 Å². The maximum atomic E-state index is 13.5. The first-order valence-corrected chi connectivity index (χ1v) is 5.25. The number of rotatable bonds is 2. The van der Waals surface area contributed by atoms with Crippen molar-refractivity contribution in [2.45, 2.75) is 6.92 Å². The van der Waals surface area contributed by atoms with Gasteiger partial charge in [-0.25, -0.2) is 4.39 Å². The summed E-state index contributed by atoms with van der Waals surface area (Å²) in [6, 6.07) is 9.97. The molecule has 0 fully saturated rings. The maximum absolute atomic E-state index is 13.5. The van der Waals surface area contributed by atoms with E-state index < -0.39 is 5.82 Å². The van der Waals surface area contributed by atoms with Gasteiger partial charge in [-0.2, -0.15) is 0 Å². The van der Waals surface area contributed by atoms with Crippen LogP contribution in [0.5, 0.6) is 11.5 Å². The molecule has 0 heterocycles. The van der Waals surface area contributed by atoms with E-state index in [-0.39, 0.29) is 11.5 Å². The van der Waals surface area contributed by atoms with Gasteiger partial charge in [-0.15, -0.1) is 0 Å². The summed E-state index contributed by atoms with van der Waals surface area (Å²) in [4.78, 5) is 0. The minimum absolute atomic E-state index is 0.226. The lowest BCUT2D eigenvalue weighted by Gasteiger charge is -2.07. The number of halogens is 1. The minimum atomic E-state index is -0.393. The van der Waals surface area contributed by atoms with Crippen LogP contribution in [0.15, 0.2) is 36.4 Å². The monoisotopic (exact) mass is 232 g/mol. The van der Waals surface area contributed by atoms with Crippen LogP contribution in [0.3, 0.4) is 0 Å². The van der Waals surface area contributed by atoms with E-state index >= 15 is 0 Å². The van der Waals surface area contributed by atoms with Crippen molar-refractivity contribution in [1.82, 2.24) is 0 Å². The summed E-state index contributed by atoms with van der Waals surface area (Å²) in [5.74, 6) is 0.0720. The predicted molar refractivity (Wildman–Crippen MR) is 64.8 cm³/mol. The Balaban J connectivity index is 2.46. The molecule has 0 bridgehead atoms. The molecular weight excluding hydrogens is 219 g/mol. The molecule has 2 nitrogen and oxygen atoms in total. The van der Waals surface area contributed by atoms with Crippen molar-refractivity contribution in [3.05, 3.63) is 47.8 Å². The molecule has 2 aromatic carbocycles. The molecule has 0 radical (unpaired) electrons. The molecule has 0 amide bonds. The van der Waals surface area contributed by atoms with Crippen molar-refractivity contribution in [3.8, 4) is 22.6 Å². The summed E-state index contributed by atoms with van der Waals surface area (Å²) < 4.78 is 18.4. The zero-order chi connectivity index (χ0) is 12.4. The number of hydrogen-bond donors (Lipinski definition) is 1. The molecule has 17 heavy (non-hydrogen) atoms. The minimum Gasteiger partial charge on any atom is -0.508 e. The van der Waals surface area contributed by atoms with Crippen molar-refractivity contribution in [1.29, 1.82) is 0 Å². The zero-order valence-corrected chi connectivity index (χ0v) is 9.70. The Morgan fingerprint density at radius 2 is 1.71 bits per heavy atom. The Kier molecular flexibility index (Phi) is 3.00. The Labute approximate surface area is 99.3 Å². The summed E-state index contributed by atoms with van der Waals surface area (Å²) in [5, 5.41) is 9.43. The smallest absolute Gasteiger partial charge is 0.165 e. The number of aryl methyl sites for hydroxylation is 1. The lowest BCUT2D eigenvalue weighted by molar-refractivity contribution is 0.386. The molecule has 0 aliphatic carbocycles. The molecule has 0 saturated carbocycles. The molecule has 0 aliphatic rings. The first-order chi connectivity index (χ1) is 8.11. The molecule has 0 atom stereocenters. The number of benzene rings is 2. The van der Waals surface area contributed by atoms with Gasteiger partial charge in [0.2, 0.25) is 0 Å². The van der Waals surface area contributed by atoms with Crippen molar-refractivity contribution in [2.75, 3.05) is 7.11 Å². The normalized spacial score (nSPS) is 10.3. The van der Waals surface area contributed by atoms with Gasteiger partial charge >= 0.3 is 0 Å². The fourth-order valence-electron chi connectivity index (χ4n) is 1.68. The summed E-state index contributed by atoms with van der Waals surface area (Å²) in [6.07, 6.45) is 0. The fourth-order valence-corrected chi connectivity index (χ4v) is 1.68. The van der Waals surface area contributed by atoms with Crippen LogP contribution in [0.25, 0.3) is 11.1 Å². The van der Waals surface area contributed by atoms with E-state index in [1.54, 1.807) is 31.2 Å². The number of hydrogen-bond acceptors (Lipinski definition) is 2. The van der Waals surface area contributed by atoms with E-state index in [9.17, 15) is 9.50 Å². The van der Waals surface area contributed by atoms with Crippen molar-refractivity contribution < 1.29 is 14.2 Å². The highest BCUT2D eigenvalue weighted by atomic mass is 19.1. The lowest BCUT2D eigenvalue weighted by atomic mass is 10.0. The quantitative estimate of drug-likeness (QED) is 0.858. The van der Waals surface area contributed by atoms with Gasteiger partial charge in [-0.1, -0.05) is 12.1 Å². The third kappa shape index (κ3) is 2.23. The van der Waals surface area contributed by atoms with Crippen LogP contribution in [0.2, 0.25) is 0 Å². The summed E-state index contributed by atoms with van der Waals surface area (Å²) in [6.45, 7) is 1.80. The van der Waals surface area contributed by atoms with Gasteiger partial charge < -0.3 is 9.84 Å². The van der Waals surface area contributed by atoms with E-state index in [0.29, 0.717) is 0 Å². The molecule has 3 heteroatoms. The summed E-state index contributed by atoms with van der Waals surface area (Å²) in [5.41, 5.74) is 2.38. The van der Waals surface area contributed by atoms with Crippen LogP contribution < -0.4 is 4.74 Å². The highest BCUT2D eigenvalue weighted by Gasteiger charge is 2.06. The molecule has 0 aromatic heterocycles. The average Bonchev–Trinajstić information content (AvgIpc) is 2.32. The molecule has 0 unspecified atom stereocenters. The SMILES string of the molecule is COc1ccc(-c2ccc(O)c(C)c2)cc1F. The van der Waals surface area contributed by atoms with Gasteiger partial charge in [0, 0.05) is 0 Å². The summed E-state index contributed by atoms with van der Waals surface area (Å²) >= 11 is 0. The fraction of sp³-hybridized carbons (Fsp3) is 0.143. The van der Waals surface area contributed by atoms with Crippen LogP contribution >= 0.6 is 0 Å². The first kappa shape index (κ1) is 11.5. The largest absolute Gasteiger partial charge is 0.508 e. The van der Waals surface area contributed by atoms with E-state index in [2.05, 4.69) is 0 Å². The predicted octanol–water partition coefficient (Wildman–Crippen LogP) is 3.52. The third-order valence-electron chi connectivity index (χ3n) is 2.68. The molecule has 0 saturated heterocycles. The number of phenols is 1. The topological polar surface area (TPSA) is 29.5 Å². The Morgan fingerprint density at radius 3 is 2.29 bits per heavy atom. The Hall–Kier alpha value is -2.03. The van der Waals surface area contributed by atoms with Crippen LogP contribution in [0.1, 0.15) is 5.56 Å². The standard InChI is InChI=1S/C14H13FO2/c1-9-7-10(3-5-13(9)16)11-4-6-14(17-2)12(15)8-11/h3-8,16H,1-2H3. The molecule has 0 aliphatic heterocycles. The third-order valence-corrected chi connectivity index (χ3v) is 2.68. The second-order valence-corrected chi connectivity index (χ2v) is 3.85. The number of methoxy groups -OCH3 is 1. The van der Waals surface area contributed by atoms with Gasteiger partial charge in [0.05, 0.1) is 7.11 Å². The van der Waals surface area contributed by atoms with Crippen LogP contribution in [0, 0.1) is 12.7 Å². The second kappa shape index (κ2) is 4.45. The molecule has 1 N–H and O–H groups in total. The van der Waals surface area contributed by atoms with Gasteiger partial charge in [-0.3, -0.25) is 0 Å². The van der Waals surface area contributed by atoms with E-state index in [0.717, 1.165) is 16.7 Å². The van der Waals surface area contributed by atoms with Crippen molar-refractivity contribution in [2.24, 2.45) is 0 Å². The highest BCUT2D eigenvalue weighted by molar-refractivity contribution is 5.66. The highest BCUT2D eigenvalue weighted by Crippen LogP contribution is 2.28. The molecule has 88 valence electrons. The van der Waals surface area contributed by atoms with Gasteiger partial charge in [0.1, 0.15) is 5.75 Å². The first-order valence-electron chi connectivity index (χ1n) is 5.25. The Morgan fingerprint density at radius 1 is 1.06 bits per heavy atom. The maximum Gasteiger partial charge on any atom is 0.165 e.